The molecule has 1 atom stereocenters. The third-order valence-electron chi connectivity index (χ3n) is 4.08. The van der Waals surface area contributed by atoms with E-state index >= 15 is 0 Å². The van der Waals surface area contributed by atoms with Crippen LogP contribution in [0.4, 0.5) is 5.69 Å². The Labute approximate surface area is 157 Å². The summed E-state index contributed by atoms with van der Waals surface area (Å²) in [4.78, 5) is 17.0. The lowest BCUT2D eigenvalue weighted by Crippen LogP contribution is -2.23. The highest BCUT2D eigenvalue weighted by molar-refractivity contribution is 6.30. The molecule has 128 valence electrons. The van der Waals surface area contributed by atoms with Crippen LogP contribution < -0.4 is 5.32 Å². The van der Waals surface area contributed by atoms with Gasteiger partial charge >= 0.3 is 0 Å². The van der Waals surface area contributed by atoms with Crippen LogP contribution in [0.5, 0.6) is 0 Å². The lowest BCUT2D eigenvalue weighted by atomic mass is 9.91. The molecule has 0 fully saturated rings. The molecule has 4 nitrogen and oxygen atoms in total. The van der Waals surface area contributed by atoms with E-state index in [-0.39, 0.29) is 5.91 Å². The Hall–Kier alpha value is -3.16. The van der Waals surface area contributed by atoms with Crippen LogP contribution in [0.2, 0.25) is 5.02 Å². The Morgan fingerprint density at radius 3 is 2.46 bits per heavy atom. The number of amides is 1. The normalized spacial score (nSPS) is 11.4. The van der Waals surface area contributed by atoms with E-state index in [4.69, 9.17) is 11.6 Å². The first-order valence-electron chi connectivity index (χ1n) is 8.11. The van der Waals surface area contributed by atoms with Crippen LogP contribution in [0.25, 0.3) is 0 Å². The molecule has 0 aliphatic heterocycles. The summed E-state index contributed by atoms with van der Waals surface area (Å²) in [5.74, 6) is -0.590. The van der Waals surface area contributed by atoms with E-state index in [1.165, 1.54) is 0 Å². The number of hydrogen-bond acceptors (Lipinski definition) is 3. The molecule has 0 saturated carbocycles. The van der Waals surface area contributed by atoms with Gasteiger partial charge in [-0.1, -0.05) is 35.9 Å². The number of aromatic nitrogens is 1. The average Bonchev–Trinajstić information content (AvgIpc) is 2.68. The van der Waals surface area contributed by atoms with Gasteiger partial charge in [-0.05, 0) is 53.9 Å². The molecule has 1 N–H and O–H groups in total. The van der Waals surface area contributed by atoms with Crippen LogP contribution in [0, 0.1) is 11.3 Å². The minimum Gasteiger partial charge on any atom is -0.324 e. The van der Waals surface area contributed by atoms with Crippen molar-refractivity contribution in [1.82, 2.24) is 4.98 Å². The van der Waals surface area contributed by atoms with Crippen molar-refractivity contribution in [2.75, 3.05) is 5.32 Å². The highest BCUT2D eigenvalue weighted by atomic mass is 35.5. The molecule has 3 rings (SSSR count). The van der Waals surface area contributed by atoms with E-state index in [2.05, 4.69) is 16.4 Å². The van der Waals surface area contributed by atoms with Gasteiger partial charge in [-0.3, -0.25) is 9.78 Å². The highest BCUT2D eigenvalue weighted by Gasteiger charge is 2.22. The molecule has 0 bridgehead atoms. The summed E-state index contributed by atoms with van der Waals surface area (Å²) >= 11 is 5.98. The topological polar surface area (TPSA) is 65.8 Å². The number of halogens is 1. The zero-order valence-corrected chi connectivity index (χ0v) is 14.6. The fraction of sp³-hybridized carbons (Fsp3) is 0.0952. The second kappa shape index (κ2) is 8.28. The summed E-state index contributed by atoms with van der Waals surface area (Å²) in [6.45, 7) is 0. The van der Waals surface area contributed by atoms with Gasteiger partial charge in [-0.25, -0.2) is 0 Å². The highest BCUT2D eigenvalue weighted by Crippen LogP contribution is 2.25. The molecule has 3 aromatic rings. The number of pyridine rings is 1. The molecule has 2 aromatic carbocycles. The van der Waals surface area contributed by atoms with E-state index in [0.29, 0.717) is 22.7 Å². The summed E-state index contributed by atoms with van der Waals surface area (Å²) in [6, 6.07) is 20.1. The van der Waals surface area contributed by atoms with Crippen molar-refractivity contribution in [2.45, 2.75) is 12.3 Å². The molecular weight excluding hydrogens is 346 g/mol. The van der Waals surface area contributed by atoms with Gasteiger partial charge < -0.3 is 5.32 Å². The van der Waals surface area contributed by atoms with Crippen LogP contribution in [0.3, 0.4) is 0 Å². The fourth-order valence-electron chi connectivity index (χ4n) is 2.72. The predicted octanol–water partition coefficient (Wildman–Crippen LogP) is 4.57. The summed E-state index contributed by atoms with van der Waals surface area (Å²) in [7, 11) is 0. The smallest absolute Gasteiger partial charge is 0.232 e. The minimum absolute atomic E-state index is 0.174. The van der Waals surface area contributed by atoms with Gasteiger partial charge in [0.2, 0.25) is 5.91 Å². The van der Waals surface area contributed by atoms with Crippen molar-refractivity contribution in [1.29, 1.82) is 5.26 Å². The van der Waals surface area contributed by atoms with E-state index in [1.807, 2.05) is 24.3 Å². The number of carbonyl (C=O) groups is 1. The Balaban J connectivity index is 1.90. The van der Waals surface area contributed by atoms with Gasteiger partial charge in [0.1, 0.15) is 6.07 Å². The van der Waals surface area contributed by atoms with Crippen molar-refractivity contribution < 1.29 is 4.79 Å². The lowest BCUT2D eigenvalue weighted by Gasteiger charge is -2.18. The first-order valence-corrected chi connectivity index (χ1v) is 8.49. The molecule has 5 heteroatoms. The zero-order valence-electron chi connectivity index (χ0n) is 13.9. The summed E-state index contributed by atoms with van der Waals surface area (Å²) < 4.78 is 0. The molecule has 1 amide bonds. The number of nitrogens with zero attached hydrogens (tertiary/aromatic N) is 2. The van der Waals surface area contributed by atoms with Gasteiger partial charge in [-0.15, -0.1) is 0 Å². The second-order valence-corrected chi connectivity index (χ2v) is 6.25. The second-order valence-electron chi connectivity index (χ2n) is 5.81. The van der Waals surface area contributed by atoms with E-state index in [9.17, 15) is 10.1 Å². The number of carbonyl (C=O) groups excluding carboxylic acids is 1. The van der Waals surface area contributed by atoms with Crippen molar-refractivity contribution in [2.24, 2.45) is 0 Å². The molecule has 0 aliphatic carbocycles. The molecule has 0 spiro atoms. The number of para-hydroxylation sites is 1. The molecule has 1 unspecified atom stereocenters. The Morgan fingerprint density at radius 2 is 1.77 bits per heavy atom. The maximum Gasteiger partial charge on any atom is 0.232 e. The standard InChI is InChI=1S/C21H16ClN3O/c22-18-7-5-16(6-8-18)19(13-15-9-11-24-12-10-15)21(26)25-20-4-2-1-3-17(20)14-23/h1-12,19H,13H2,(H,25,26). The van der Waals surface area contributed by atoms with Gasteiger partial charge in [-0.2, -0.15) is 5.26 Å². The maximum absolute atomic E-state index is 13.0. The molecule has 0 saturated heterocycles. The van der Waals surface area contributed by atoms with Crippen LogP contribution >= 0.6 is 11.6 Å². The van der Waals surface area contributed by atoms with Crippen LogP contribution in [-0.4, -0.2) is 10.9 Å². The van der Waals surface area contributed by atoms with Crippen molar-refractivity contribution in [3.8, 4) is 6.07 Å². The monoisotopic (exact) mass is 361 g/mol. The van der Waals surface area contributed by atoms with Crippen LogP contribution in [0.15, 0.2) is 73.1 Å². The predicted molar refractivity (Wildman–Crippen MR) is 102 cm³/mol. The number of benzene rings is 2. The van der Waals surface area contributed by atoms with Gasteiger partial charge in [0.15, 0.2) is 0 Å². The first kappa shape index (κ1) is 17.7. The SMILES string of the molecule is N#Cc1ccccc1NC(=O)C(Cc1ccncc1)c1ccc(Cl)cc1. The fourth-order valence-corrected chi connectivity index (χ4v) is 2.85. The maximum atomic E-state index is 13.0. The summed E-state index contributed by atoms with van der Waals surface area (Å²) in [5.41, 5.74) is 2.80. The zero-order chi connectivity index (χ0) is 18.4. The number of nitriles is 1. The molecule has 26 heavy (non-hydrogen) atoms. The number of hydrogen-bond donors (Lipinski definition) is 1. The largest absolute Gasteiger partial charge is 0.324 e. The summed E-state index contributed by atoms with van der Waals surface area (Å²) in [5, 5.41) is 12.7. The van der Waals surface area contributed by atoms with Crippen LogP contribution in [-0.2, 0) is 11.2 Å². The lowest BCUT2D eigenvalue weighted by molar-refractivity contribution is -0.117. The average molecular weight is 362 g/mol. The molecule has 0 aliphatic rings. The number of nitrogens with one attached hydrogen (secondary N) is 1. The third kappa shape index (κ3) is 4.27. The van der Waals surface area contributed by atoms with E-state index in [0.717, 1.165) is 11.1 Å². The Morgan fingerprint density at radius 1 is 1.08 bits per heavy atom. The van der Waals surface area contributed by atoms with Crippen LogP contribution in [0.1, 0.15) is 22.6 Å². The summed E-state index contributed by atoms with van der Waals surface area (Å²) in [6.07, 6.45) is 3.93. The van der Waals surface area contributed by atoms with E-state index in [1.54, 1.807) is 48.8 Å². The van der Waals surface area contributed by atoms with Gasteiger partial charge in [0.05, 0.1) is 17.2 Å². The minimum atomic E-state index is -0.415. The molecule has 0 radical (unpaired) electrons. The number of rotatable bonds is 5. The third-order valence-corrected chi connectivity index (χ3v) is 4.34. The molecule has 1 aromatic heterocycles. The van der Waals surface area contributed by atoms with Gasteiger partial charge in [0.25, 0.3) is 0 Å². The molecule has 1 heterocycles. The van der Waals surface area contributed by atoms with Crippen molar-refractivity contribution in [3.63, 3.8) is 0 Å². The Bertz CT molecular complexity index is 933. The van der Waals surface area contributed by atoms with Crippen molar-refractivity contribution in [3.05, 3.63) is 94.8 Å². The quantitative estimate of drug-likeness (QED) is 0.723. The van der Waals surface area contributed by atoms with Gasteiger partial charge in [0, 0.05) is 17.4 Å². The van der Waals surface area contributed by atoms with E-state index < -0.39 is 5.92 Å². The molecular formula is C21H16ClN3O. The number of anilines is 1. The van der Waals surface area contributed by atoms with Crippen molar-refractivity contribution >= 4 is 23.2 Å². The first-order chi connectivity index (χ1) is 12.7. The Kier molecular flexibility index (Phi) is 5.62.